The summed E-state index contributed by atoms with van der Waals surface area (Å²) in [5.74, 6) is 0.811. The lowest BCUT2D eigenvalue weighted by molar-refractivity contribution is -0.133. The largest absolute Gasteiger partial charge is 0.484 e. The minimum atomic E-state index is 0.0605. The fourth-order valence-electron chi connectivity index (χ4n) is 1.71. The molecule has 0 atom stereocenters. The highest BCUT2D eigenvalue weighted by atomic mass is 127. The molecule has 92 valence electrons. The number of benzene rings is 1. The van der Waals surface area contributed by atoms with Gasteiger partial charge in [-0.2, -0.15) is 0 Å². The third-order valence-corrected chi connectivity index (χ3v) is 3.30. The van der Waals surface area contributed by atoms with Crippen molar-refractivity contribution in [2.45, 2.75) is 0 Å². The van der Waals surface area contributed by atoms with Gasteiger partial charge in [0.05, 0.1) is 0 Å². The van der Waals surface area contributed by atoms with Crippen LogP contribution in [0.1, 0.15) is 0 Å². The Morgan fingerprint density at radius 2 is 2.18 bits per heavy atom. The van der Waals surface area contributed by atoms with Crippen LogP contribution in [0.4, 0.5) is 0 Å². The molecule has 0 unspecified atom stereocenters. The summed E-state index contributed by atoms with van der Waals surface area (Å²) in [6.07, 6.45) is 0. The lowest BCUT2D eigenvalue weighted by Gasteiger charge is -2.27. The molecule has 0 bridgehead atoms. The average molecular weight is 346 g/mol. The van der Waals surface area contributed by atoms with E-state index in [1.54, 1.807) is 0 Å². The van der Waals surface area contributed by atoms with Gasteiger partial charge >= 0.3 is 0 Å². The standard InChI is InChI=1S/C12H15IN2O2/c13-10-2-1-3-11(8-10)17-9-12(16)15-6-4-14-5-7-15/h1-3,8,14H,4-7,9H2. The van der Waals surface area contributed by atoms with Gasteiger partial charge in [-0.1, -0.05) is 6.07 Å². The number of amides is 1. The van der Waals surface area contributed by atoms with Gasteiger partial charge in [0.2, 0.25) is 0 Å². The minimum Gasteiger partial charge on any atom is -0.484 e. The Hall–Kier alpha value is -0.820. The molecule has 1 aliphatic heterocycles. The number of ether oxygens (including phenoxy) is 1. The number of halogens is 1. The van der Waals surface area contributed by atoms with Gasteiger partial charge in [0.1, 0.15) is 5.75 Å². The van der Waals surface area contributed by atoms with Crippen LogP contribution in [0.15, 0.2) is 24.3 Å². The summed E-state index contributed by atoms with van der Waals surface area (Å²) < 4.78 is 6.59. The van der Waals surface area contributed by atoms with Crippen molar-refractivity contribution in [3.63, 3.8) is 0 Å². The highest BCUT2D eigenvalue weighted by Gasteiger charge is 2.16. The second kappa shape index (κ2) is 6.20. The van der Waals surface area contributed by atoms with Crippen LogP contribution in [-0.4, -0.2) is 43.6 Å². The highest BCUT2D eigenvalue weighted by Crippen LogP contribution is 2.14. The molecule has 1 fully saturated rings. The van der Waals surface area contributed by atoms with E-state index in [9.17, 15) is 4.79 Å². The lowest BCUT2D eigenvalue weighted by atomic mass is 10.3. The molecular formula is C12H15IN2O2. The monoisotopic (exact) mass is 346 g/mol. The molecular weight excluding hydrogens is 331 g/mol. The molecule has 17 heavy (non-hydrogen) atoms. The predicted octanol–water partition coefficient (Wildman–Crippen LogP) is 1.10. The topological polar surface area (TPSA) is 41.6 Å². The van der Waals surface area contributed by atoms with E-state index in [1.807, 2.05) is 29.2 Å². The van der Waals surface area contributed by atoms with Crippen molar-refractivity contribution in [2.75, 3.05) is 32.8 Å². The van der Waals surface area contributed by atoms with Crippen LogP contribution >= 0.6 is 22.6 Å². The Balaban J connectivity index is 1.83. The molecule has 1 heterocycles. The number of hydrogen-bond donors (Lipinski definition) is 1. The number of rotatable bonds is 3. The van der Waals surface area contributed by atoms with Crippen molar-refractivity contribution in [1.82, 2.24) is 10.2 Å². The number of carbonyl (C=O) groups is 1. The molecule has 0 spiro atoms. The van der Waals surface area contributed by atoms with Gasteiger partial charge in [0.25, 0.3) is 5.91 Å². The summed E-state index contributed by atoms with van der Waals surface area (Å²) in [5, 5.41) is 3.22. The van der Waals surface area contributed by atoms with Gasteiger partial charge in [-0.25, -0.2) is 0 Å². The maximum atomic E-state index is 11.8. The number of carbonyl (C=O) groups excluding carboxylic acids is 1. The van der Waals surface area contributed by atoms with E-state index in [-0.39, 0.29) is 12.5 Å². The van der Waals surface area contributed by atoms with Crippen LogP contribution in [0, 0.1) is 3.57 Å². The first kappa shape index (κ1) is 12.6. The minimum absolute atomic E-state index is 0.0605. The van der Waals surface area contributed by atoms with E-state index in [2.05, 4.69) is 27.9 Å². The second-order valence-electron chi connectivity index (χ2n) is 3.88. The molecule has 1 aromatic rings. The molecule has 0 saturated carbocycles. The molecule has 4 nitrogen and oxygen atoms in total. The average Bonchev–Trinajstić information content (AvgIpc) is 2.37. The third-order valence-electron chi connectivity index (χ3n) is 2.63. The van der Waals surface area contributed by atoms with Crippen molar-refractivity contribution in [3.05, 3.63) is 27.8 Å². The van der Waals surface area contributed by atoms with E-state index < -0.39 is 0 Å². The summed E-state index contributed by atoms with van der Waals surface area (Å²) >= 11 is 2.22. The van der Waals surface area contributed by atoms with Gasteiger partial charge in [-0.15, -0.1) is 0 Å². The van der Waals surface area contributed by atoms with Crippen molar-refractivity contribution >= 4 is 28.5 Å². The second-order valence-corrected chi connectivity index (χ2v) is 5.12. The molecule has 0 aliphatic carbocycles. The Kier molecular flexibility index (Phi) is 4.61. The van der Waals surface area contributed by atoms with Crippen LogP contribution in [-0.2, 0) is 4.79 Å². The van der Waals surface area contributed by atoms with Crippen LogP contribution in [0.25, 0.3) is 0 Å². The number of hydrogen-bond acceptors (Lipinski definition) is 3. The summed E-state index contributed by atoms with van der Waals surface area (Å²) in [6.45, 7) is 3.41. The van der Waals surface area contributed by atoms with Crippen LogP contribution < -0.4 is 10.1 Å². The van der Waals surface area contributed by atoms with E-state index in [0.29, 0.717) is 0 Å². The first-order valence-corrected chi connectivity index (χ1v) is 6.70. The Morgan fingerprint density at radius 1 is 1.41 bits per heavy atom. The molecule has 5 heteroatoms. The summed E-state index contributed by atoms with van der Waals surface area (Å²) in [5.41, 5.74) is 0. The first-order valence-electron chi connectivity index (χ1n) is 5.62. The van der Waals surface area contributed by atoms with Crippen molar-refractivity contribution in [1.29, 1.82) is 0 Å². The Bertz CT molecular complexity index is 392. The summed E-state index contributed by atoms with van der Waals surface area (Å²) in [6, 6.07) is 7.71. The quantitative estimate of drug-likeness (QED) is 0.834. The van der Waals surface area contributed by atoms with Crippen LogP contribution in [0.2, 0.25) is 0 Å². The van der Waals surface area contributed by atoms with Gasteiger partial charge in [0, 0.05) is 29.7 Å². The maximum absolute atomic E-state index is 11.8. The normalized spacial score (nSPS) is 15.7. The molecule has 1 amide bonds. The lowest BCUT2D eigenvalue weighted by Crippen LogP contribution is -2.47. The number of piperazine rings is 1. The molecule has 1 saturated heterocycles. The first-order chi connectivity index (χ1) is 8.25. The van der Waals surface area contributed by atoms with E-state index in [0.717, 1.165) is 35.5 Å². The zero-order valence-electron chi connectivity index (χ0n) is 9.49. The van der Waals surface area contributed by atoms with Crippen LogP contribution in [0.3, 0.4) is 0 Å². The van der Waals surface area contributed by atoms with E-state index >= 15 is 0 Å². The predicted molar refractivity (Wildman–Crippen MR) is 74.1 cm³/mol. The van der Waals surface area contributed by atoms with Crippen molar-refractivity contribution in [3.8, 4) is 5.75 Å². The third kappa shape index (κ3) is 3.85. The smallest absolute Gasteiger partial charge is 0.260 e. The molecule has 2 rings (SSSR count). The molecule has 1 aromatic carbocycles. The SMILES string of the molecule is O=C(COc1cccc(I)c1)N1CCNCC1. The molecule has 1 aliphatic rings. The molecule has 1 N–H and O–H groups in total. The number of nitrogens with one attached hydrogen (secondary N) is 1. The maximum Gasteiger partial charge on any atom is 0.260 e. The molecule has 0 aromatic heterocycles. The zero-order valence-corrected chi connectivity index (χ0v) is 11.6. The van der Waals surface area contributed by atoms with Crippen molar-refractivity contribution in [2.24, 2.45) is 0 Å². The zero-order chi connectivity index (χ0) is 12.1. The van der Waals surface area contributed by atoms with Crippen LogP contribution in [0.5, 0.6) is 5.75 Å². The van der Waals surface area contributed by atoms with Gasteiger partial charge in [-0.3, -0.25) is 4.79 Å². The summed E-state index contributed by atoms with van der Waals surface area (Å²) in [7, 11) is 0. The van der Waals surface area contributed by atoms with E-state index in [4.69, 9.17) is 4.74 Å². The highest BCUT2D eigenvalue weighted by molar-refractivity contribution is 14.1. The molecule has 0 radical (unpaired) electrons. The summed E-state index contributed by atoms with van der Waals surface area (Å²) in [4.78, 5) is 13.7. The van der Waals surface area contributed by atoms with Gasteiger partial charge < -0.3 is 15.0 Å². The van der Waals surface area contributed by atoms with Crippen molar-refractivity contribution < 1.29 is 9.53 Å². The van der Waals surface area contributed by atoms with Gasteiger partial charge in [0.15, 0.2) is 6.61 Å². The fraction of sp³-hybridized carbons (Fsp3) is 0.417. The number of nitrogens with zero attached hydrogens (tertiary/aromatic N) is 1. The Morgan fingerprint density at radius 3 is 2.88 bits per heavy atom. The van der Waals surface area contributed by atoms with Gasteiger partial charge in [-0.05, 0) is 40.8 Å². The van der Waals surface area contributed by atoms with E-state index in [1.165, 1.54) is 0 Å². The fourth-order valence-corrected chi connectivity index (χ4v) is 2.22. The Labute approximate surface area is 114 Å².